The number of aromatic nitrogens is 1. The van der Waals surface area contributed by atoms with Gasteiger partial charge in [0.2, 0.25) is 0 Å². The van der Waals surface area contributed by atoms with Crippen LogP contribution in [0.5, 0.6) is 5.75 Å². The largest absolute Gasteiger partial charge is 0.497 e. The summed E-state index contributed by atoms with van der Waals surface area (Å²) in [6.45, 7) is 2.01. The number of carbonyl (C=O) groups is 1. The van der Waals surface area contributed by atoms with Gasteiger partial charge in [0.1, 0.15) is 5.75 Å². The first-order chi connectivity index (χ1) is 8.15. The summed E-state index contributed by atoms with van der Waals surface area (Å²) < 4.78 is 5.16. The van der Waals surface area contributed by atoms with Crippen LogP contribution >= 0.6 is 0 Å². The second-order valence-corrected chi connectivity index (χ2v) is 3.92. The van der Waals surface area contributed by atoms with Crippen molar-refractivity contribution in [1.29, 1.82) is 0 Å². The molecule has 0 aliphatic heterocycles. The van der Waals surface area contributed by atoms with Gasteiger partial charge in [0.15, 0.2) is 0 Å². The molecule has 0 bridgehead atoms. The number of aromatic amines is 1. The molecular formula is C13H15NO3. The topological polar surface area (TPSA) is 62.3 Å². The van der Waals surface area contributed by atoms with Crippen molar-refractivity contribution in [2.75, 3.05) is 7.11 Å². The molecule has 4 nitrogen and oxygen atoms in total. The van der Waals surface area contributed by atoms with Crippen molar-refractivity contribution in [2.24, 2.45) is 0 Å². The number of hydrogen-bond donors (Lipinski definition) is 2. The van der Waals surface area contributed by atoms with E-state index in [4.69, 9.17) is 9.84 Å². The van der Waals surface area contributed by atoms with Gasteiger partial charge in [-0.2, -0.15) is 0 Å². The Hall–Kier alpha value is -1.97. The zero-order valence-corrected chi connectivity index (χ0v) is 9.91. The molecule has 0 unspecified atom stereocenters. The van der Waals surface area contributed by atoms with Crippen molar-refractivity contribution in [2.45, 2.75) is 19.8 Å². The predicted octanol–water partition coefficient (Wildman–Crippen LogP) is 2.37. The van der Waals surface area contributed by atoms with Crippen LogP contribution in [-0.4, -0.2) is 23.2 Å². The van der Waals surface area contributed by atoms with Gasteiger partial charge < -0.3 is 14.8 Å². The maximum Gasteiger partial charge on any atom is 0.307 e. The lowest BCUT2D eigenvalue weighted by Gasteiger charge is -2.01. The van der Waals surface area contributed by atoms with E-state index in [9.17, 15) is 4.79 Å². The predicted molar refractivity (Wildman–Crippen MR) is 65.6 cm³/mol. The van der Waals surface area contributed by atoms with Crippen molar-refractivity contribution in [3.8, 4) is 5.75 Å². The molecule has 2 rings (SSSR count). The summed E-state index contributed by atoms with van der Waals surface area (Å²) in [7, 11) is 1.60. The first-order valence-electron chi connectivity index (χ1n) is 5.55. The van der Waals surface area contributed by atoms with Crippen molar-refractivity contribution in [3.05, 3.63) is 29.5 Å². The number of ether oxygens (including phenoxy) is 1. The Morgan fingerprint density at radius 2 is 2.24 bits per heavy atom. The van der Waals surface area contributed by atoms with E-state index in [1.807, 2.05) is 25.1 Å². The number of benzene rings is 1. The van der Waals surface area contributed by atoms with Gasteiger partial charge in [-0.05, 0) is 30.2 Å². The molecule has 90 valence electrons. The highest BCUT2D eigenvalue weighted by molar-refractivity contribution is 5.89. The second-order valence-electron chi connectivity index (χ2n) is 3.92. The van der Waals surface area contributed by atoms with Gasteiger partial charge in [-0.3, -0.25) is 4.79 Å². The van der Waals surface area contributed by atoms with E-state index in [1.165, 1.54) is 0 Å². The minimum Gasteiger partial charge on any atom is -0.497 e. The number of aryl methyl sites for hydroxylation is 1. The van der Waals surface area contributed by atoms with Crippen LogP contribution in [0.25, 0.3) is 10.9 Å². The lowest BCUT2D eigenvalue weighted by atomic mass is 10.1. The van der Waals surface area contributed by atoms with E-state index in [0.717, 1.165) is 34.3 Å². The summed E-state index contributed by atoms with van der Waals surface area (Å²) >= 11 is 0. The van der Waals surface area contributed by atoms with Gasteiger partial charge in [0.05, 0.1) is 13.5 Å². The van der Waals surface area contributed by atoms with E-state index in [2.05, 4.69) is 4.98 Å². The maximum atomic E-state index is 10.9. The number of fused-ring (bicyclic) bond motifs is 1. The molecule has 4 heteroatoms. The zero-order chi connectivity index (χ0) is 12.4. The van der Waals surface area contributed by atoms with E-state index in [1.54, 1.807) is 7.11 Å². The van der Waals surface area contributed by atoms with Crippen LogP contribution in [0.4, 0.5) is 0 Å². The molecule has 0 aliphatic rings. The molecule has 0 saturated heterocycles. The summed E-state index contributed by atoms with van der Waals surface area (Å²) in [6.07, 6.45) is 0.829. The Morgan fingerprint density at radius 1 is 1.47 bits per heavy atom. The molecule has 1 aromatic heterocycles. The Morgan fingerprint density at radius 3 is 2.82 bits per heavy atom. The Labute approximate surface area is 99.2 Å². The Balaban J connectivity index is 2.62. The fourth-order valence-electron chi connectivity index (χ4n) is 2.06. The van der Waals surface area contributed by atoms with Crippen LogP contribution in [0, 0.1) is 0 Å². The number of H-pyrrole nitrogens is 1. The van der Waals surface area contributed by atoms with Crippen LogP contribution in [-0.2, 0) is 17.6 Å². The van der Waals surface area contributed by atoms with Gasteiger partial charge in [-0.1, -0.05) is 6.92 Å². The molecule has 0 atom stereocenters. The molecule has 0 fully saturated rings. The molecule has 0 aliphatic carbocycles. The molecule has 17 heavy (non-hydrogen) atoms. The van der Waals surface area contributed by atoms with Crippen LogP contribution in [0.15, 0.2) is 18.2 Å². The minimum absolute atomic E-state index is 0.0380. The summed E-state index contributed by atoms with van der Waals surface area (Å²) in [5.41, 5.74) is 2.79. The number of hydrogen-bond acceptors (Lipinski definition) is 2. The quantitative estimate of drug-likeness (QED) is 0.852. The number of aliphatic carboxylic acids is 1. The molecule has 1 aromatic carbocycles. The van der Waals surface area contributed by atoms with Crippen molar-refractivity contribution in [3.63, 3.8) is 0 Å². The molecule has 0 saturated carbocycles. The Bertz CT molecular complexity index is 557. The normalized spacial score (nSPS) is 10.7. The fraction of sp³-hybridized carbons (Fsp3) is 0.308. The SMILES string of the molecule is CCc1[nH]c2ccc(OC)cc2c1CC(=O)O. The van der Waals surface area contributed by atoms with Crippen LogP contribution < -0.4 is 4.74 Å². The number of methoxy groups -OCH3 is 1. The lowest BCUT2D eigenvalue weighted by molar-refractivity contribution is -0.136. The number of nitrogens with one attached hydrogen (secondary N) is 1. The smallest absolute Gasteiger partial charge is 0.307 e. The van der Waals surface area contributed by atoms with Gasteiger partial charge in [0, 0.05) is 16.6 Å². The number of carboxylic acid groups (broad SMARTS) is 1. The third kappa shape index (κ3) is 2.11. The zero-order valence-electron chi connectivity index (χ0n) is 9.91. The molecule has 1 heterocycles. The third-order valence-electron chi connectivity index (χ3n) is 2.88. The highest BCUT2D eigenvalue weighted by atomic mass is 16.5. The van der Waals surface area contributed by atoms with Crippen LogP contribution in [0.3, 0.4) is 0 Å². The first-order valence-corrected chi connectivity index (χ1v) is 5.55. The third-order valence-corrected chi connectivity index (χ3v) is 2.88. The fourth-order valence-corrected chi connectivity index (χ4v) is 2.06. The monoisotopic (exact) mass is 233 g/mol. The Kier molecular flexibility index (Phi) is 3.04. The van der Waals surface area contributed by atoms with E-state index < -0.39 is 5.97 Å². The highest BCUT2D eigenvalue weighted by Crippen LogP contribution is 2.27. The average Bonchev–Trinajstić information content (AvgIpc) is 2.66. The maximum absolute atomic E-state index is 10.9. The number of rotatable bonds is 4. The van der Waals surface area contributed by atoms with Gasteiger partial charge in [-0.15, -0.1) is 0 Å². The van der Waals surface area contributed by atoms with E-state index in [-0.39, 0.29) is 6.42 Å². The van der Waals surface area contributed by atoms with Crippen LogP contribution in [0.2, 0.25) is 0 Å². The van der Waals surface area contributed by atoms with Gasteiger partial charge in [0.25, 0.3) is 0 Å². The van der Waals surface area contributed by atoms with Gasteiger partial charge in [-0.25, -0.2) is 0 Å². The summed E-state index contributed by atoms with van der Waals surface area (Å²) in [6, 6.07) is 5.66. The summed E-state index contributed by atoms with van der Waals surface area (Å²) in [5.74, 6) is -0.0748. The van der Waals surface area contributed by atoms with Gasteiger partial charge >= 0.3 is 5.97 Å². The molecule has 2 aromatic rings. The molecular weight excluding hydrogens is 218 g/mol. The highest BCUT2D eigenvalue weighted by Gasteiger charge is 2.13. The summed E-state index contributed by atoms with van der Waals surface area (Å²) in [4.78, 5) is 14.1. The van der Waals surface area contributed by atoms with Crippen LogP contribution in [0.1, 0.15) is 18.2 Å². The van der Waals surface area contributed by atoms with Crippen molar-refractivity contribution < 1.29 is 14.6 Å². The minimum atomic E-state index is -0.816. The summed E-state index contributed by atoms with van der Waals surface area (Å²) in [5, 5.41) is 9.88. The standard InChI is InChI=1S/C13H15NO3/c1-3-11-10(7-13(15)16)9-6-8(17-2)4-5-12(9)14-11/h4-6,14H,3,7H2,1-2H3,(H,15,16). The molecule has 0 amide bonds. The molecule has 0 spiro atoms. The molecule has 2 N–H and O–H groups in total. The van der Waals surface area contributed by atoms with E-state index in [0.29, 0.717) is 0 Å². The lowest BCUT2D eigenvalue weighted by Crippen LogP contribution is -2.02. The van der Waals surface area contributed by atoms with Crippen molar-refractivity contribution in [1.82, 2.24) is 4.98 Å². The van der Waals surface area contributed by atoms with Crippen molar-refractivity contribution >= 4 is 16.9 Å². The number of carboxylic acids is 1. The average molecular weight is 233 g/mol. The molecule has 0 radical (unpaired) electrons. The van der Waals surface area contributed by atoms with E-state index >= 15 is 0 Å². The first kappa shape index (κ1) is 11.5. The second kappa shape index (κ2) is 4.49.